The Morgan fingerprint density at radius 1 is 0.733 bits per heavy atom. The number of benzene rings is 2. The van der Waals surface area contributed by atoms with Crippen molar-refractivity contribution in [2.75, 3.05) is 6.61 Å². The van der Waals surface area contributed by atoms with Gasteiger partial charge in [-0.15, -0.1) is 0 Å². The van der Waals surface area contributed by atoms with E-state index in [1.165, 1.54) is 19.1 Å². The van der Waals surface area contributed by atoms with Gasteiger partial charge in [-0.05, 0) is 45.0 Å². The van der Waals surface area contributed by atoms with Gasteiger partial charge in [0.1, 0.15) is 23.6 Å². The lowest BCUT2D eigenvalue weighted by molar-refractivity contribution is -0.385. The maximum Gasteiger partial charge on any atom is 0.514 e. The number of ether oxygens (including phenoxy) is 6. The highest BCUT2D eigenvalue weighted by molar-refractivity contribution is 5.77. The summed E-state index contributed by atoms with van der Waals surface area (Å²) in [5.74, 6) is -0.247. The predicted molar refractivity (Wildman–Crippen MR) is 147 cm³/mol. The molecule has 1 aliphatic carbocycles. The molecule has 1 fully saturated rings. The fourth-order valence-corrected chi connectivity index (χ4v) is 4.44. The van der Waals surface area contributed by atoms with Crippen molar-refractivity contribution in [1.29, 1.82) is 0 Å². The van der Waals surface area contributed by atoms with Crippen molar-refractivity contribution in [1.82, 2.24) is 10.0 Å². The first-order valence-electron chi connectivity index (χ1n) is 13.3. The molecule has 2 bridgehead atoms. The quantitative estimate of drug-likeness (QED) is 0.0979. The highest BCUT2D eigenvalue weighted by Gasteiger charge is 2.58. The van der Waals surface area contributed by atoms with Crippen LogP contribution in [0.5, 0.6) is 11.5 Å². The number of non-ortho nitro benzene ring substituents is 2. The molecule has 0 N–H and O–H groups in total. The molecule has 2 aromatic rings. The van der Waals surface area contributed by atoms with Crippen LogP contribution in [0, 0.1) is 20.2 Å². The molecular formula is C27H26N4O14. The Balaban J connectivity index is 1.63. The summed E-state index contributed by atoms with van der Waals surface area (Å²) in [6.45, 7) is 4.59. The number of hydrazine groups is 1. The van der Waals surface area contributed by atoms with Crippen molar-refractivity contribution in [2.45, 2.75) is 51.2 Å². The summed E-state index contributed by atoms with van der Waals surface area (Å²) in [6, 6.07) is 6.37. The smallest absolute Gasteiger partial charge is 0.448 e. The van der Waals surface area contributed by atoms with Crippen molar-refractivity contribution in [2.24, 2.45) is 0 Å². The van der Waals surface area contributed by atoms with Gasteiger partial charge in [-0.1, -0.05) is 12.2 Å². The monoisotopic (exact) mass is 630 g/mol. The Bertz CT molecular complexity index is 1490. The zero-order valence-electron chi connectivity index (χ0n) is 23.9. The van der Waals surface area contributed by atoms with Crippen molar-refractivity contribution >= 4 is 35.9 Å². The SMILES string of the molecule is CCOC(=O)N1C2C=CC(C(OC(=O)Oc3ccc([N+](=O)[O-])cc3)C2OC(=O)Oc2ccc([N+](=O)[O-])cc2)N1C(=O)OC(C)C. The molecule has 2 amide bonds. The van der Waals surface area contributed by atoms with Gasteiger partial charge in [-0.3, -0.25) is 20.2 Å². The first kappa shape index (κ1) is 32.0. The molecule has 0 spiro atoms. The van der Waals surface area contributed by atoms with Crippen LogP contribution in [0.3, 0.4) is 0 Å². The Labute approximate surface area is 253 Å². The topological polar surface area (TPSA) is 216 Å². The van der Waals surface area contributed by atoms with Crippen LogP contribution in [0.15, 0.2) is 60.7 Å². The molecule has 238 valence electrons. The fraction of sp³-hybridized carbons (Fsp3) is 0.333. The second-order valence-electron chi connectivity index (χ2n) is 9.56. The molecule has 4 atom stereocenters. The molecule has 2 heterocycles. The lowest BCUT2D eigenvalue weighted by Gasteiger charge is -2.53. The molecular weight excluding hydrogens is 604 g/mol. The highest BCUT2D eigenvalue weighted by Crippen LogP contribution is 2.37. The molecule has 0 aromatic heterocycles. The summed E-state index contributed by atoms with van der Waals surface area (Å²) < 4.78 is 31.7. The summed E-state index contributed by atoms with van der Waals surface area (Å²) in [7, 11) is 0. The number of fused-ring (bicyclic) bond motifs is 2. The van der Waals surface area contributed by atoms with Crippen molar-refractivity contribution in [3.63, 3.8) is 0 Å². The third-order valence-corrected chi connectivity index (χ3v) is 6.24. The molecule has 5 rings (SSSR count). The second-order valence-corrected chi connectivity index (χ2v) is 9.56. The zero-order valence-corrected chi connectivity index (χ0v) is 23.9. The first-order chi connectivity index (χ1) is 21.4. The molecule has 18 heteroatoms. The minimum absolute atomic E-state index is 0.0846. The Morgan fingerprint density at radius 3 is 1.49 bits per heavy atom. The van der Waals surface area contributed by atoms with Crippen LogP contribution in [0.2, 0.25) is 0 Å². The summed E-state index contributed by atoms with van der Waals surface area (Å²) in [5.41, 5.74) is -0.521. The van der Waals surface area contributed by atoms with Crippen molar-refractivity contribution < 1.29 is 57.4 Å². The van der Waals surface area contributed by atoms with E-state index in [1.807, 2.05) is 0 Å². The molecule has 2 aliphatic heterocycles. The molecule has 3 aliphatic rings. The van der Waals surface area contributed by atoms with Gasteiger partial charge in [0, 0.05) is 24.3 Å². The van der Waals surface area contributed by atoms with Gasteiger partial charge in [-0.25, -0.2) is 29.2 Å². The average molecular weight is 631 g/mol. The van der Waals surface area contributed by atoms with E-state index in [0.717, 1.165) is 58.5 Å². The lowest BCUT2D eigenvalue weighted by atomic mass is 9.88. The standard InChI is InChI=1S/C27H26N4O14/c1-4-40-24(32)28-20-13-14-21(29(28)25(33)41-15(2)3)23(45-27(35)43-19-11-7-17(8-12-19)31(38)39)22(20)44-26(34)42-18-9-5-16(6-10-18)30(36)37/h5-15,20-23H,4H2,1-3H3. The number of hydrogen-bond donors (Lipinski definition) is 0. The minimum atomic E-state index is -1.51. The average Bonchev–Trinajstić information content (AvgIpc) is 2.98. The molecule has 45 heavy (non-hydrogen) atoms. The van der Waals surface area contributed by atoms with Crippen LogP contribution in [0.4, 0.5) is 30.6 Å². The number of hydrogen-bond acceptors (Lipinski definition) is 14. The van der Waals surface area contributed by atoms with Crippen LogP contribution >= 0.6 is 0 Å². The third kappa shape index (κ3) is 7.35. The van der Waals surface area contributed by atoms with E-state index in [0.29, 0.717) is 0 Å². The zero-order chi connectivity index (χ0) is 32.8. The number of nitro benzene ring substituents is 2. The van der Waals surface area contributed by atoms with Crippen LogP contribution < -0.4 is 9.47 Å². The van der Waals surface area contributed by atoms with E-state index in [1.54, 1.807) is 13.8 Å². The number of nitrogens with zero attached hydrogens (tertiary/aromatic N) is 4. The maximum absolute atomic E-state index is 13.2. The Kier molecular flexibility index (Phi) is 9.65. The van der Waals surface area contributed by atoms with Gasteiger partial charge in [0.15, 0.2) is 12.2 Å². The number of carbonyl (C=O) groups is 4. The van der Waals surface area contributed by atoms with Gasteiger partial charge in [0.25, 0.3) is 11.4 Å². The summed E-state index contributed by atoms with van der Waals surface area (Å²) in [5, 5.41) is 23.6. The number of amides is 2. The van der Waals surface area contributed by atoms with Gasteiger partial charge in [0.05, 0.1) is 22.6 Å². The summed E-state index contributed by atoms with van der Waals surface area (Å²) in [6.07, 6.45) is -5.51. The molecule has 4 unspecified atom stereocenters. The van der Waals surface area contributed by atoms with Gasteiger partial charge < -0.3 is 28.4 Å². The van der Waals surface area contributed by atoms with Crippen LogP contribution in [0.1, 0.15) is 20.8 Å². The molecule has 2 aromatic carbocycles. The van der Waals surface area contributed by atoms with Crippen LogP contribution in [-0.2, 0) is 18.9 Å². The summed E-state index contributed by atoms with van der Waals surface area (Å²) >= 11 is 0. The van der Waals surface area contributed by atoms with E-state index < -0.39 is 64.7 Å². The molecule has 18 nitrogen and oxygen atoms in total. The van der Waals surface area contributed by atoms with E-state index in [4.69, 9.17) is 28.4 Å². The van der Waals surface area contributed by atoms with E-state index >= 15 is 0 Å². The van der Waals surface area contributed by atoms with Gasteiger partial charge in [-0.2, -0.15) is 0 Å². The van der Waals surface area contributed by atoms with Gasteiger partial charge >= 0.3 is 24.5 Å². The predicted octanol–water partition coefficient (Wildman–Crippen LogP) is 4.51. The fourth-order valence-electron chi connectivity index (χ4n) is 4.44. The summed E-state index contributed by atoms with van der Waals surface area (Å²) in [4.78, 5) is 72.6. The molecule has 0 saturated carbocycles. The largest absolute Gasteiger partial charge is 0.514 e. The third-order valence-electron chi connectivity index (χ3n) is 6.24. The normalized spacial score (nSPS) is 19.8. The Hall–Kier alpha value is -5.94. The van der Waals surface area contributed by atoms with Crippen molar-refractivity contribution in [3.05, 3.63) is 80.9 Å². The molecule has 0 radical (unpaired) electrons. The Morgan fingerprint density at radius 2 is 1.13 bits per heavy atom. The second kappa shape index (κ2) is 13.6. The maximum atomic E-state index is 13.2. The highest BCUT2D eigenvalue weighted by atomic mass is 16.8. The molecule has 1 saturated heterocycles. The number of carbonyl (C=O) groups excluding carboxylic acids is 4. The lowest BCUT2D eigenvalue weighted by Crippen LogP contribution is -2.74. The van der Waals surface area contributed by atoms with E-state index in [-0.39, 0.29) is 29.5 Å². The number of nitro groups is 2. The number of rotatable bonds is 8. The first-order valence-corrected chi connectivity index (χ1v) is 13.3. The van der Waals surface area contributed by atoms with Crippen LogP contribution in [0.25, 0.3) is 0 Å². The van der Waals surface area contributed by atoms with E-state index in [2.05, 4.69) is 0 Å². The van der Waals surface area contributed by atoms with Gasteiger partial charge in [0.2, 0.25) is 0 Å². The van der Waals surface area contributed by atoms with Crippen molar-refractivity contribution in [3.8, 4) is 11.5 Å². The minimum Gasteiger partial charge on any atom is -0.448 e. The van der Waals surface area contributed by atoms with E-state index in [9.17, 15) is 39.4 Å². The van der Waals surface area contributed by atoms with Crippen LogP contribution in [-0.4, -0.2) is 81.4 Å².